The molecule has 1 saturated heterocycles. The molecule has 0 atom stereocenters. The maximum Gasteiger partial charge on any atom is 0.410 e. The Bertz CT molecular complexity index is 785. The van der Waals surface area contributed by atoms with E-state index >= 15 is 0 Å². The van der Waals surface area contributed by atoms with Crippen LogP contribution in [0.4, 0.5) is 4.79 Å². The molecule has 1 aliphatic rings. The van der Waals surface area contributed by atoms with Crippen molar-refractivity contribution in [2.24, 2.45) is 0 Å². The Morgan fingerprint density at radius 2 is 2.08 bits per heavy atom. The molecular formula is C18H23N3O3S. The van der Waals surface area contributed by atoms with Crippen molar-refractivity contribution in [2.75, 3.05) is 13.1 Å². The van der Waals surface area contributed by atoms with E-state index < -0.39 is 5.60 Å². The fourth-order valence-corrected chi connectivity index (χ4v) is 3.57. The normalized spacial score (nSPS) is 16.0. The fourth-order valence-electron chi connectivity index (χ4n) is 2.88. The zero-order valence-electron chi connectivity index (χ0n) is 14.7. The molecule has 134 valence electrons. The van der Waals surface area contributed by atoms with Gasteiger partial charge in [0.1, 0.15) is 11.4 Å². The maximum atomic E-state index is 12.2. The van der Waals surface area contributed by atoms with Gasteiger partial charge in [0, 0.05) is 25.1 Å². The van der Waals surface area contributed by atoms with Crippen molar-refractivity contribution in [3.63, 3.8) is 0 Å². The smallest absolute Gasteiger partial charge is 0.410 e. The Kier molecular flexibility index (Phi) is 4.94. The van der Waals surface area contributed by atoms with Crippen LogP contribution in [0.15, 0.2) is 28.4 Å². The molecule has 7 heteroatoms. The second-order valence-corrected chi connectivity index (χ2v) is 8.18. The van der Waals surface area contributed by atoms with Gasteiger partial charge in [0.2, 0.25) is 0 Å². The van der Waals surface area contributed by atoms with E-state index in [1.807, 2.05) is 38.3 Å². The quantitative estimate of drug-likeness (QED) is 0.886. The summed E-state index contributed by atoms with van der Waals surface area (Å²) in [6, 6.07) is 5.44. The van der Waals surface area contributed by atoms with Crippen LogP contribution in [0, 0.1) is 0 Å². The van der Waals surface area contributed by atoms with E-state index in [2.05, 4.69) is 9.97 Å². The highest BCUT2D eigenvalue weighted by Crippen LogP contribution is 2.28. The molecule has 6 nitrogen and oxygen atoms in total. The van der Waals surface area contributed by atoms with E-state index in [1.165, 1.54) is 6.07 Å². The van der Waals surface area contributed by atoms with E-state index in [9.17, 15) is 9.59 Å². The minimum Gasteiger partial charge on any atom is -0.444 e. The van der Waals surface area contributed by atoms with Crippen LogP contribution in [0.3, 0.4) is 0 Å². The Morgan fingerprint density at radius 1 is 1.36 bits per heavy atom. The van der Waals surface area contributed by atoms with Gasteiger partial charge in [-0.3, -0.25) is 4.79 Å². The van der Waals surface area contributed by atoms with Crippen LogP contribution in [0.25, 0.3) is 10.6 Å². The number of likely N-dealkylation sites (tertiary alicyclic amines) is 1. The number of aromatic nitrogens is 2. The average molecular weight is 361 g/mol. The minimum absolute atomic E-state index is 0.136. The van der Waals surface area contributed by atoms with E-state index in [0.29, 0.717) is 24.6 Å². The van der Waals surface area contributed by atoms with Gasteiger partial charge in [0.05, 0.1) is 10.6 Å². The zero-order chi connectivity index (χ0) is 18.0. The topological polar surface area (TPSA) is 75.3 Å². The molecule has 0 aliphatic carbocycles. The van der Waals surface area contributed by atoms with Crippen molar-refractivity contribution in [1.29, 1.82) is 0 Å². The maximum absolute atomic E-state index is 12.2. The van der Waals surface area contributed by atoms with Crippen LogP contribution in [-0.2, 0) is 4.74 Å². The molecule has 0 radical (unpaired) electrons. The molecule has 1 fully saturated rings. The molecule has 1 N–H and O–H groups in total. The van der Waals surface area contributed by atoms with E-state index in [4.69, 9.17) is 4.74 Å². The number of ether oxygens (including phenoxy) is 1. The molecule has 3 heterocycles. The van der Waals surface area contributed by atoms with Crippen LogP contribution >= 0.6 is 11.3 Å². The van der Waals surface area contributed by atoms with Crippen LogP contribution < -0.4 is 5.56 Å². The van der Waals surface area contributed by atoms with Gasteiger partial charge < -0.3 is 14.6 Å². The molecule has 1 aliphatic heterocycles. The van der Waals surface area contributed by atoms with Crippen LogP contribution in [-0.4, -0.2) is 39.7 Å². The fraction of sp³-hybridized carbons (Fsp3) is 0.500. The van der Waals surface area contributed by atoms with Crippen LogP contribution in [0.5, 0.6) is 0 Å². The van der Waals surface area contributed by atoms with Gasteiger partial charge >= 0.3 is 6.09 Å². The molecule has 0 spiro atoms. The van der Waals surface area contributed by atoms with E-state index in [-0.39, 0.29) is 17.6 Å². The number of nitrogens with zero attached hydrogens (tertiary/aromatic N) is 2. The lowest BCUT2D eigenvalue weighted by Gasteiger charge is -2.33. The minimum atomic E-state index is -0.490. The number of thiophene rings is 1. The second kappa shape index (κ2) is 7.00. The van der Waals surface area contributed by atoms with Gasteiger partial charge in [-0.05, 0) is 45.1 Å². The number of aromatic amines is 1. The first-order valence-electron chi connectivity index (χ1n) is 8.45. The highest BCUT2D eigenvalue weighted by atomic mass is 32.1. The lowest BCUT2D eigenvalue weighted by atomic mass is 9.96. The van der Waals surface area contributed by atoms with Crippen molar-refractivity contribution in [3.05, 3.63) is 39.8 Å². The van der Waals surface area contributed by atoms with Crippen LogP contribution in [0.1, 0.15) is 45.4 Å². The predicted octanol–water partition coefficient (Wildman–Crippen LogP) is 3.61. The van der Waals surface area contributed by atoms with Gasteiger partial charge in [-0.2, -0.15) is 0 Å². The molecule has 0 bridgehead atoms. The molecule has 1 amide bonds. The van der Waals surface area contributed by atoms with Crippen molar-refractivity contribution < 1.29 is 9.53 Å². The molecule has 0 unspecified atom stereocenters. The summed E-state index contributed by atoms with van der Waals surface area (Å²) >= 11 is 1.56. The van der Waals surface area contributed by atoms with Gasteiger partial charge in [0.15, 0.2) is 0 Å². The van der Waals surface area contributed by atoms with Crippen molar-refractivity contribution in [1.82, 2.24) is 14.9 Å². The van der Waals surface area contributed by atoms with Crippen molar-refractivity contribution >= 4 is 17.4 Å². The largest absolute Gasteiger partial charge is 0.444 e. The number of hydrogen-bond acceptors (Lipinski definition) is 5. The van der Waals surface area contributed by atoms with E-state index in [1.54, 1.807) is 16.2 Å². The molecule has 2 aromatic heterocycles. The number of nitrogens with one attached hydrogen (secondary N) is 1. The monoisotopic (exact) mass is 361 g/mol. The lowest BCUT2D eigenvalue weighted by molar-refractivity contribution is 0.0203. The van der Waals surface area contributed by atoms with Crippen LogP contribution in [0.2, 0.25) is 0 Å². The second-order valence-electron chi connectivity index (χ2n) is 7.23. The summed E-state index contributed by atoms with van der Waals surface area (Å²) in [7, 11) is 0. The van der Waals surface area contributed by atoms with Gasteiger partial charge in [0.25, 0.3) is 5.56 Å². The molecule has 2 aromatic rings. The number of H-pyrrole nitrogens is 1. The molecule has 0 saturated carbocycles. The first kappa shape index (κ1) is 17.7. The summed E-state index contributed by atoms with van der Waals surface area (Å²) in [4.78, 5) is 34.4. The standard InChI is InChI=1S/C18H23N3O3S/c1-18(2,3)24-17(23)21-8-6-12(7-9-21)16-19-13(11-15(22)20-16)14-5-4-10-25-14/h4-5,10-12H,6-9H2,1-3H3,(H,19,20,22). The summed E-state index contributed by atoms with van der Waals surface area (Å²) in [6.45, 7) is 6.80. The third-order valence-electron chi connectivity index (χ3n) is 4.07. The Morgan fingerprint density at radius 3 is 2.68 bits per heavy atom. The number of carbonyl (C=O) groups excluding carboxylic acids is 1. The summed E-state index contributed by atoms with van der Waals surface area (Å²) in [5.41, 5.74) is 0.0850. The predicted molar refractivity (Wildman–Crippen MR) is 98.0 cm³/mol. The number of rotatable bonds is 2. The Balaban J connectivity index is 1.69. The number of amides is 1. The summed E-state index contributed by atoms with van der Waals surface area (Å²) in [5.74, 6) is 0.853. The molecule has 3 rings (SSSR count). The first-order valence-corrected chi connectivity index (χ1v) is 9.33. The Labute approximate surface area is 150 Å². The molecule has 25 heavy (non-hydrogen) atoms. The van der Waals surface area contributed by atoms with E-state index in [0.717, 1.165) is 17.7 Å². The SMILES string of the molecule is CC(C)(C)OC(=O)N1CCC(c2nc(-c3cccs3)cc(=O)[nH]2)CC1. The van der Waals surface area contributed by atoms with Crippen molar-refractivity contribution in [2.45, 2.75) is 45.1 Å². The summed E-state index contributed by atoms with van der Waals surface area (Å²) in [5, 5.41) is 1.97. The Hall–Kier alpha value is -2.15. The van der Waals surface area contributed by atoms with Gasteiger partial charge in [-0.1, -0.05) is 6.07 Å². The number of hydrogen-bond donors (Lipinski definition) is 1. The summed E-state index contributed by atoms with van der Waals surface area (Å²) < 4.78 is 5.42. The van der Waals surface area contributed by atoms with Gasteiger partial charge in [-0.25, -0.2) is 9.78 Å². The van der Waals surface area contributed by atoms with Gasteiger partial charge in [-0.15, -0.1) is 11.3 Å². The lowest BCUT2D eigenvalue weighted by Crippen LogP contribution is -2.41. The number of piperidine rings is 1. The molecular weight excluding hydrogens is 338 g/mol. The third kappa shape index (κ3) is 4.48. The number of carbonyl (C=O) groups is 1. The highest BCUT2D eigenvalue weighted by molar-refractivity contribution is 7.13. The zero-order valence-corrected chi connectivity index (χ0v) is 15.6. The first-order chi connectivity index (χ1) is 11.8. The third-order valence-corrected chi connectivity index (χ3v) is 4.96. The molecule has 0 aromatic carbocycles. The average Bonchev–Trinajstić information content (AvgIpc) is 3.07. The summed E-state index contributed by atoms with van der Waals surface area (Å²) in [6.07, 6.45) is 1.24. The van der Waals surface area contributed by atoms with Crippen molar-refractivity contribution in [3.8, 4) is 10.6 Å². The highest BCUT2D eigenvalue weighted by Gasteiger charge is 2.28.